The van der Waals surface area contributed by atoms with E-state index in [9.17, 15) is 0 Å². The van der Waals surface area contributed by atoms with E-state index in [4.69, 9.17) is 26.8 Å². The topological polar surface area (TPSA) is 56.8 Å². The number of hydrogen-bond acceptors (Lipinski definition) is 4. The summed E-state index contributed by atoms with van der Waals surface area (Å²) in [6, 6.07) is 8.16. The van der Waals surface area contributed by atoms with E-state index in [1.807, 2.05) is 24.3 Å². The molecule has 2 rings (SSSR count). The maximum atomic E-state index is 5.87. The number of nitrogens with zero attached hydrogens (tertiary/aromatic N) is 1. The third-order valence-electron chi connectivity index (χ3n) is 3.02. The van der Waals surface area contributed by atoms with Gasteiger partial charge in [0.1, 0.15) is 6.61 Å². The van der Waals surface area contributed by atoms with Crippen molar-refractivity contribution in [3.05, 3.63) is 34.9 Å². The van der Waals surface area contributed by atoms with Crippen molar-refractivity contribution in [3.63, 3.8) is 0 Å². The fourth-order valence-corrected chi connectivity index (χ4v) is 2.15. The molecular formula is C13H17ClN2O2. The van der Waals surface area contributed by atoms with E-state index in [0.29, 0.717) is 12.6 Å². The lowest BCUT2D eigenvalue weighted by Gasteiger charge is -2.16. The van der Waals surface area contributed by atoms with Crippen molar-refractivity contribution in [1.29, 1.82) is 0 Å². The number of aliphatic imine (C=N–C) groups is 1. The quantitative estimate of drug-likeness (QED) is 0.893. The van der Waals surface area contributed by atoms with Gasteiger partial charge in [-0.05, 0) is 30.5 Å². The summed E-state index contributed by atoms with van der Waals surface area (Å²) in [5, 5.41) is 0.732. The largest absolute Gasteiger partial charge is 0.463 e. The third kappa shape index (κ3) is 3.37. The van der Waals surface area contributed by atoms with Crippen molar-refractivity contribution in [3.8, 4) is 0 Å². The molecule has 1 aliphatic rings. The molecular weight excluding hydrogens is 252 g/mol. The van der Waals surface area contributed by atoms with Crippen LogP contribution in [-0.2, 0) is 9.47 Å². The first-order valence-corrected chi connectivity index (χ1v) is 6.31. The number of ether oxygens (including phenoxy) is 2. The van der Waals surface area contributed by atoms with Gasteiger partial charge in [0.2, 0.25) is 0 Å². The summed E-state index contributed by atoms with van der Waals surface area (Å²) in [7, 11) is 1.71. The highest BCUT2D eigenvalue weighted by Crippen LogP contribution is 2.25. The molecule has 18 heavy (non-hydrogen) atoms. The number of nitrogens with two attached hydrogens (primary N) is 1. The molecule has 2 unspecified atom stereocenters. The summed E-state index contributed by atoms with van der Waals surface area (Å²) in [6.45, 7) is 0.572. The smallest absolute Gasteiger partial charge is 0.282 e. The maximum absolute atomic E-state index is 5.87. The zero-order chi connectivity index (χ0) is 13.0. The van der Waals surface area contributed by atoms with Crippen LogP contribution in [0.25, 0.3) is 0 Å². The van der Waals surface area contributed by atoms with Crippen LogP contribution in [0.15, 0.2) is 29.3 Å². The first-order chi connectivity index (χ1) is 8.69. The van der Waals surface area contributed by atoms with Gasteiger partial charge in [-0.2, -0.15) is 0 Å². The van der Waals surface area contributed by atoms with Crippen LogP contribution in [0.5, 0.6) is 0 Å². The van der Waals surface area contributed by atoms with Crippen LogP contribution in [0.2, 0.25) is 5.02 Å². The average Bonchev–Trinajstić information content (AvgIpc) is 2.78. The van der Waals surface area contributed by atoms with Gasteiger partial charge in [0, 0.05) is 12.1 Å². The van der Waals surface area contributed by atoms with Gasteiger partial charge in [0.25, 0.3) is 6.02 Å². The molecule has 1 aliphatic heterocycles. The fraction of sp³-hybridized carbons (Fsp3) is 0.462. The lowest BCUT2D eigenvalue weighted by molar-refractivity contribution is 0.0911. The van der Waals surface area contributed by atoms with E-state index in [0.717, 1.165) is 23.4 Å². The molecule has 1 aromatic carbocycles. The zero-order valence-corrected chi connectivity index (χ0v) is 11.1. The Kier molecular flexibility index (Phi) is 4.44. The van der Waals surface area contributed by atoms with E-state index >= 15 is 0 Å². The Balaban J connectivity index is 1.91. The Morgan fingerprint density at radius 1 is 1.50 bits per heavy atom. The zero-order valence-electron chi connectivity index (χ0n) is 10.3. The molecule has 0 fully saturated rings. The highest BCUT2D eigenvalue weighted by molar-refractivity contribution is 6.30. The Bertz CT molecular complexity index is 420. The molecule has 0 saturated heterocycles. The summed E-state index contributed by atoms with van der Waals surface area (Å²) < 4.78 is 10.6. The van der Waals surface area contributed by atoms with Crippen LogP contribution in [0.1, 0.15) is 24.5 Å². The van der Waals surface area contributed by atoms with E-state index in [1.165, 1.54) is 0 Å². The maximum Gasteiger partial charge on any atom is 0.282 e. The van der Waals surface area contributed by atoms with Gasteiger partial charge in [-0.1, -0.05) is 23.7 Å². The van der Waals surface area contributed by atoms with Crippen molar-refractivity contribution >= 4 is 17.6 Å². The van der Waals surface area contributed by atoms with Gasteiger partial charge >= 0.3 is 0 Å². The van der Waals surface area contributed by atoms with Crippen molar-refractivity contribution in [2.24, 2.45) is 10.7 Å². The molecule has 2 atom stereocenters. The first-order valence-electron chi connectivity index (χ1n) is 5.93. The molecule has 0 saturated carbocycles. The van der Waals surface area contributed by atoms with Crippen LogP contribution >= 0.6 is 11.6 Å². The molecule has 0 aromatic heterocycles. The second kappa shape index (κ2) is 6.07. The molecule has 0 radical (unpaired) electrons. The highest BCUT2D eigenvalue weighted by Gasteiger charge is 2.19. The van der Waals surface area contributed by atoms with Gasteiger partial charge in [-0.25, -0.2) is 4.99 Å². The van der Waals surface area contributed by atoms with E-state index in [1.54, 1.807) is 7.11 Å². The number of amidine groups is 1. The average molecular weight is 269 g/mol. The van der Waals surface area contributed by atoms with Crippen molar-refractivity contribution in [2.75, 3.05) is 13.7 Å². The second-order valence-electron chi connectivity index (χ2n) is 4.29. The molecule has 0 aliphatic carbocycles. The number of rotatable bonds is 5. The molecule has 0 bridgehead atoms. The van der Waals surface area contributed by atoms with Gasteiger partial charge in [-0.15, -0.1) is 0 Å². The number of hydrogen-bond donors (Lipinski definition) is 1. The van der Waals surface area contributed by atoms with Crippen LogP contribution in [0.3, 0.4) is 0 Å². The summed E-state index contributed by atoms with van der Waals surface area (Å²) >= 11 is 5.87. The lowest BCUT2D eigenvalue weighted by Crippen LogP contribution is -2.11. The predicted octanol–water partition coefficient (Wildman–Crippen LogP) is 2.52. The van der Waals surface area contributed by atoms with Crippen molar-refractivity contribution in [2.45, 2.75) is 25.0 Å². The molecule has 5 heteroatoms. The fourth-order valence-electron chi connectivity index (χ4n) is 2.03. The predicted molar refractivity (Wildman–Crippen MR) is 71.8 cm³/mol. The Morgan fingerprint density at radius 3 is 2.78 bits per heavy atom. The third-order valence-corrected chi connectivity index (χ3v) is 3.27. The standard InChI is InChI=1S/C13H17ClN2O2/c1-17-12(9-2-4-10(14)5-3-9)7-6-11-8-18-13(15)16-11/h2-5,11-12H,6-8H2,1H3,(H2,15,16). The minimum atomic E-state index is 0.0549. The number of halogens is 1. The van der Waals surface area contributed by atoms with Gasteiger partial charge < -0.3 is 15.2 Å². The molecule has 98 valence electrons. The van der Waals surface area contributed by atoms with Gasteiger partial charge in [0.05, 0.1) is 12.1 Å². The van der Waals surface area contributed by atoms with E-state index in [-0.39, 0.29) is 12.1 Å². The van der Waals surface area contributed by atoms with Crippen LogP contribution in [0.4, 0.5) is 0 Å². The number of methoxy groups -OCH3 is 1. The van der Waals surface area contributed by atoms with Gasteiger partial charge in [-0.3, -0.25) is 0 Å². The Morgan fingerprint density at radius 2 is 2.22 bits per heavy atom. The van der Waals surface area contributed by atoms with Gasteiger partial charge in [0.15, 0.2) is 0 Å². The van der Waals surface area contributed by atoms with Crippen LogP contribution in [0, 0.1) is 0 Å². The SMILES string of the molecule is COC(CCC1COC(N)=N1)c1ccc(Cl)cc1. The molecule has 1 aromatic rings. The number of benzene rings is 1. The van der Waals surface area contributed by atoms with Crippen molar-refractivity contribution in [1.82, 2.24) is 0 Å². The lowest BCUT2D eigenvalue weighted by atomic mass is 10.0. The van der Waals surface area contributed by atoms with E-state index < -0.39 is 0 Å². The van der Waals surface area contributed by atoms with Crippen LogP contribution < -0.4 is 5.73 Å². The Hall–Kier alpha value is -1.26. The summed E-state index contributed by atoms with van der Waals surface area (Å²) in [6.07, 6.45) is 1.82. The van der Waals surface area contributed by atoms with E-state index in [2.05, 4.69) is 4.99 Å². The summed E-state index contributed by atoms with van der Waals surface area (Å²) in [5.41, 5.74) is 6.60. The normalized spacial score (nSPS) is 20.3. The summed E-state index contributed by atoms with van der Waals surface area (Å²) in [5.74, 6) is 0. The highest BCUT2D eigenvalue weighted by atomic mass is 35.5. The summed E-state index contributed by atoms with van der Waals surface area (Å²) in [4.78, 5) is 4.20. The molecule has 0 amide bonds. The first kappa shape index (κ1) is 13.2. The minimum absolute atomic E-state index is 0.0549. The monoisotopic (exact) mass is 268 g/mol. The van der Waals surface area contributed by atoms with Crippen molar-refractivity contribution < 1.29 is 9.47 Å². The molecule has 4 nitrogen and oxygen atoms in total. The Labute approximate surface area is 112 Å². The molecule has 0 spiro atoms. The molecule has 1 heterocycles. The minimum Gasteiger partial charge on any atom is -0.463 e. The second-order valence-corrected chi connectivity index (χ2v) is 4.72. The van der Waals surface area contributed by atoms with Crippen LogP contribution in [-0.4, -0.2) is 25.8 Å². The molecule has 2 N–H and O–H groups in total.